The first-order valence-corrected chi connectivity index (χ1v) is 20.3. The van der Waals surface area contributed by atoms with Crippen molar-refractivity contribution < 1.29 is 48.5 Å². The zero-order valence-corrected chi connectivity index (χ0v) is 36.3. The van der Waals surface area contributed by atoms with Gasteiger partial charge in [0.25, 0.3) is 11.8 Å². The minimum Gasteiger partial charge on any atom is -0.475 e. The number of hydrogen-bond donors (Lipinski definition) is 4. The Bertz CT molecular complexity index is 2910. The van der Waals surface area contributed by atoms with Crippen LogP contribution in [-0.2, 0) is 22.3 Å². The molecule has 0 aliphatic heterocycles. The smallest absolute Gasteiger partial charge is 0.374 e. The van der Waals surface area contributed by atoms with Gasteiger partial charge in [-0.05, 0) is 127 Å². The summed E-state index contributed by atoms with van der Waals surface area (Å²) in [5, 5.41) is 32.3. The molecule has 0 radical (unpaired) electrons. The summed E-state index contributed by atoms with van der Waals surface area (Å²) in [6.45, 7) is 14.7. The number of esters is 2. The summed E-state index contributed by atoms with van der Waals surface area (Å²) in [7, 11) is 0. The van der Waals surface area contributed by atoms with Crippen LogP contribution in [0.25, 0.3) is 11.3 Å². The van der Waals surface area contributed by atoms with Gasteiger partial charge in [0.1, 0.15) is 11.2 Å². The van der Waals surface area contributed by atoms with Crippen LogP contribution in [0.3, 0.4) is 0 Å². The Hall–Kier alpha value is -7.64. The molecule has 2 aromatic carbocycles. The van der Waals surface area contributed by atoms with Crippen molar-refractivity contribution in [1.82, 2.24) is 49.8 Å². The molecule has 8 rings (SSSR count). The Balaban J connectivity index is 0.000000191. The standard InChI is InChI=1S/2C22H23N5O5/c1-11-12-7-8-15(14(12)6-5-13(11)21(31)32-22(2,3)4)24-19(28)18-26-17(20(29)30)25-16-9-10-23-27(16)18;1-11-12-7-8-15(14(12)6-5-13(11)21(31)32-22(2,3)4)24-19(28)17-25-16-9-10-23-27(16)18(26-17)20(29)30/h2*5-6,9-10,15H,7-8H2,1-4H3,(H,24,28)(H,29,30)/t2*15-/m00/s1. The zero-order chi connectivity index (χ0) is 46.4. The Kier molecular flexibility index (Phi) is 11.7. The summed E-state index contributed by atoms with van der Waals surface area (Å²) in [6, 6.07) is 9.46. The Morgan fingerprint density at radius 3 is 1.48 bits per heavy atom. The molecule has 2 aliphatic rings. The van der Waals surface area contributed by atoms with E-state index >= 15 is 0 Å². The molecule has 20 nitrogen and oxygen atoms in total. The lowest BCUT2D eigenvalue weighted by atomic mass is 9.97. The first kappa shape index (κ1) is 44.4. The van der Waals surface area contributed by atoms with Crippen LogP contribution in [0, 0.1) is 13.8 Å². The summed E-state index contributed by atoms with van der Waals surface area (Å²) in [4.78, 5) is 89.5. The van der Waals surface area contributed by atoms with Crippen molar-refractivity contribution in [3.63, 3.8) is 0 Å². The number of hydrogen-bond acceptors (Lipinski definition) is 14. The average Bonchev–Trinajstić information content (AvgIpc) is 4.03. The zero-order valence-electron chi connectivity index (χ0n) is 36.3. The van der Waals surface area contributed by atoms with Crippen LogP contribution in [0.1, 0.15) is 163 Å². The van der Waals surface area contributed by atoms with E-state index < -0.39 is 46.6 Å². The highest BCUT2D eigenvalue weighted by molar-refractivity contribution is 5.95. The highest BCUT2D eigenvalue weighted by atomic mass is 16.6. The Morgan fingerprint density at radius 2 is 1.03 bits per heavy atom. The number of benzene rings is 2. The number of carbonyl (C=O) groups excluding carboxylic acids is 4. The number of aromatic carboxylic acids is 2. The third-order valence-electron chi connectivity index (χ3n) is 10.5. The molecular formula is C44H46N10O10. The van der Waals surface area contributed by atoms with Crippen molar-refractivity contribution >= 4 is 47.0 Å². The SMILES string of the molecule is Cc1c(C(=O)OC(C)(C)C)ccc2c1CC[C@@H]2NC(=O)c1nc(C(=O)O)n2nccc2n1.Cc1c(C(=O)OC(C)(C)C)ccc2c1CC[C@@H]2NC(=O)c1nc(C(=O)O)nc2ccnn12. The second kappa shape index (κ2) is 16.9. The number of ether oxygens (including phenoxy) is 2. The van der Waals surface area contributed by atoms with Crippen LogP contribution in [0.4, 0.5) is 0 Å². The predicted octanol–water partition coefficient (Wildman–Crippen LogP) is 5.01. The van der Waals surface area contributed by atoms with Gasteiger partial charge in [-0.15, -0.1) is 0 Å². The summed E-state index contributed by atoms with van der Waals surface area (Å²) in [5.41, 5.74) is 5.73. The maximum Gasteiger partial charge on any atom is 0.374 e. The number of fused-ring (bicyclic) bond motifs is 4. The van der Waals surface area contributed by atoms with E-state index in [-0.39, 0.29) is 47.0 Å². The number of carboxylic acids is 2. The lowest BCUT2D eigenvalue weighted by Crippen LogP contribution is -2.31. The molecule has 2 atom stereocenters. The van der Waals surface area contributed by atoms with Gasteiger partial charge in [0.15, 0.2) is 11.3 Å². The third kappa shape index (κ3) is 9.11. The monoisotopic (exact) mass is 874 g/mol. The van der Waals surface area contributed by atoms with Crippen LogP contribution in [0.2, 0.25) is 0 Å². The highest BCUT2D eigenvalue weighted by Crippen LogP contribution is 2.37. The largest absolute Gasteiger partial charge is 0.475 e. The van der Waals surface area contributed by atoms with E-state index in [1.54, 1.807) is 12.1 Å². The molecule has 4 aromatic heterocycles. The van der Waals surface area contributed by atoms with Crippen molar-refractivity contribution in [2.75, 3.05) is 0 Å². The first-order chi connectivity index (χ1) is 30.1. The molecule has 4 heterocycles. The van der Waals surface area contributed by atoms with E-state index in [1.165, 1.54) is 29.0 Å². The lowest BCUT2D eigenvalue weighted by Gasteiger charge is -2.21. The summed E-state index contributed by atoms with van der Waals surface area (Å²) >= 11 is 0. The van der Waals surface area contributed by atoms with Crippen molar-refractivity contribution in [3.05, 3.63) is 117 Å². The Morgan fingerprint density at radius 1 is 0.594 bits per heavy atom. The van der Waals surface area contributed by atoms with Gasteiger partial charge in [-0.1, -0.05) is 12.1 Å². The van der Waals surface area contributed by atoms with Gasteiger partial charge in [-0.25, -0.2) is 29.1 Å². The number of amides is 2. The van der Waals surface area contributed by atoms with E-state index in [0.29, 0.717) is 36.8 Å². The van der Waals surface area contributed by atoms with Crippen LogP contribution >= 0.6 is 0 Å². The molecule has 0 spiro atoms. The van der Waals surface area contributed by atoms with Crippen LogP contribution < -0.4 is 10.6 Å². The van der Waals surface area contributed by atoms with Gasteiger partial charge >= 0.3 is 23.9 Å². The van der Waals surface area contributed by atoms with Gasteiger partial charge in [-0.2, -0.15) is 29.2 Å². The van der Waals surface area contributed by atoms with Gasteiger partial charge in [0.05, 0.1) is 35.6 Å². The molecule has 332 valence electrons. The fourth-order valence-electron chi connectivity index (χ4n) is 7.75. The second-order valence-corrected chi connectivity index (χ2v) is 17.3. The summed E-state index contributed by atoms with van der Waals surface area (Å²) in [5.74, 6) is -5.83. The van der Waals surface area contributed by atoms with Crippen molar-refractivity contribution in [2.24, 2.45) is 0 Å². The van der Waals surface area contributed by atoms with Crippen molar-refractivity contribution in [1.29, 1.82) is 0 Å². The summed E-state index contributed by atoms with van der Waals surface area (Å²) in [6.07, 6.45) is 5.45. The van der Waals surface area contributed by atoms with Crippen LogP contribution in [-0.4, -0.2) is 96.3 Å². The maximum atomic E-state index is 13.0. The molecule has 2 amide bonds. The highest BCUT2D eigenvalue weighted by Gasteiger charge is 2.32. The molecule has 0 unspecified atom stereocenters. The quantitative estimate of drug-likeness (QED) is 0.146. The van der Waals surface area contributed by atoms with E-state index in [9.17, 15) is 39.0 Å². The van der Waals surface area contributed by atoms with E-state index in [4.69, 9.17) is 9.47 Å². The Labute approximate surface area is 365 Å². The molecule has 0 saturated carbocycles. The molecule has 2 aliphatic carbocycles. The number of aromatic nitrogens is 8. The lowest BCUT2D eigenvalue weighted by molar-refractivity contribution is 0.00559. The fourth-order valence-corrected chi connectivity index (χ4v) is 7.75. The van der Waals surface area contributed by atoms with Crippen molar-refractivity contribution in [2.45, 2.75) is 104 Å². The number of rotatable bonds is 8. The van der Waals surface area contributed by atoms with Crippen LogP contribution in [0.5, 0.6) is 0 Å². The van der Waals surface area contributed by atoms with Gasteiger partial charge < -0.3 is 30.3 Å². The molecule has 4 N–H and O–H groups in total. The fraction of sp³-hybridized carbons (Fsp3) is 0.364. The molecule has 0 fully saturated rings. The van der Waals surface area contributed by atoms with E-state index in [0.717, 1.165) is 37.9 Å². The predicted molar refractivity (Wildman–Crippen MR) is 225 cm³/mol. The minimum absolute atomic E-state index is 0.159. The molecule has 64 heavy (non-hydrogen) atoms. The first-order valence-electron chi connectivity index (χ1n) is 20.3. The second-order valence-electron chi connectivity index (χ2n) is 17.3. The summed E-state index contributed by atoms with van der Waals surface area (Å²) < 4.78 is 13.3. The molecule has 20 heteroatoms. The van der Waals surface area contributed by atoms with Gasteiger partial charge in [-0.3, -0.25) is 9.59 Å². The van der Waals surface area contributed by atoms with Crippen molar-refractivity contribution in [3.8, 4) is 0 Å². The number of nitrogens with zero attached hydrogens (tertiary/aromatic N) is 8. The minimum atomic E-state index is -1.33. The molecular weight excluding hydrogens is 829 g/mol. The normalized spacial score (nSPS) is 15.4. The molecule has 6 aromatic rings. The van der Waals surface area contributed by atoms with E-state index in [1.807, 2.05) is 67.5 Å². The topological polar surface area (TPSA) is 272 Å². The van der Waals surface area contributed by atoms with E-state index in [2.05, 4.69) is 40.8 Å². The third-order valence-corrected chi connectivity index (χ3v) is 10.5. The average molecular weight is 875 g/mol. The van der Waals surface area contributed by atoms with Crippen LogP contribution in [0.15, 0.2) is 48.8 Å². The maximum absolute atomic E-state index is 13.0. The molecule has 0 saturated heterocycles. The van der Waals surface area contributed by atoms with Gasteiger partial charge in [0, 0.05) is 12.1 Å². The van der Waals surface area contributed by atoms with Gasteiger partial charge in [0.2, 0.25) is 23.3 Å². The number of carboxylic acid groups (broad SMARTS) is 2. The molecule has 0 bridgehead atoms. The number of nitrogens with one attached hydrogen (secondary N) is 2. The number of carbonyl (C=O) groups is 6.